The number of anilines is 1. The lowest BCUT2D eigenvalue weighted by molar-refractivity contribution is -0.138. The zero-order valence-electron chi connectivity index (χ0n) is 14.2. The van der Waals surface area contributed by atoms with Gasteiger partial charge in [0, 0.05) is 10.9 Å². The summed E-state index contributed by atoms with van der Waals surface area (Å²) in [6, 6.07) is 5.46. The summed E-state index contributed by atoms with van der Waals surface area (Å²) in [5.41, 5.74) is 0.388. The van der Waals surface area contributed by atoms with Gasteiger partial charge in [-0.25, -0.2) is 0 Å². The SMILES string of the molecule is COc1ccc(NC(=O)C23CC4CC(CC(Cl)(C4)C2)C3)c(OC)c1. The van der Waals surface area contributed by atoms with Crippen LogP contribution in [0.15, 0.2) is 18.2 Å². The highest BCUT2D eigenvalue weighted by Gasteiger charge is 2.60. The summed E-state index contributed by atoms with van der Waals surface area (Å²) >= 11 is 6.84. The van der Waals surface area contributed by atoms with Crippen molar-refractivity contribution in [2.75, 3.05) is 19.5 Å². The molecule has 2 atom stereocenters. The molecule has 0 saturated heterocycles. The molecule has 0 aromatic heterocycles. The first kappa shape index (κ1) is 16.1. The Morgan fingerprint density at radius 2 is 1.88 bits per heavy atom. The second-order valence-corrected chi connectivity index (χ2v) is 8.71. The van der Waals surface area contributed by atoms with E-state index in [-0.39, 0.29) is 16.2 Å². The van der Waals surface area contributed by atoms with E-state index in [4.69, 9.17) is 21.1 Å². The van der Waals surface area contributed by atoms with Gasteiger partial charge in [-0.3, -0.25) is 4.79 Å². The molecule has 1 N–H and O–H groups in total. The summed E-state index contributed by atoms with van der Waals surface area (Å²) in [5.74, 6) is 2.64. The predicted octanol–water partition coefficient (Wildman–Crippen LogP) is 4.22. The maximum absolute atomic E-state index is 13.2. The van der Waals surface area contributed by atoms with E-state index in [1.807, 2.05) is 12.1 Å². The van der Waals surface area contributed by atoms with Gasteiger partial charge < -0.3 is 14.8 Å². The molecule has 0 radical (unpaired) electrons. The van der Waals surface area contributed by atoms with E-state index in [1.54, 1.807) is 20.3 Å². The highest BCUT2D eigenvalue weighted by atomic mass is 35.5. The average molecular weight is 350 g/mol. The van der Waals surface area contributed by atoms with Crippen molar-refractivity contribution in [3.8, 4) is 11.5 Å². The molecule has 4 fully saturated rings. The van der Waals surface area contributed by atoms with E-state index < -0.39 is 0 Å². The van der Waals surface area contributed by atoms with E-state index >= 15 is 0 Å². The van der Waals surface area contributed by atoms with Crippen molar-refractivity contribution in [1.29, 1.82) is 0 Å². The number of methoxy groups -OCH3 is 2. The molecule has 5 rings (SSSR count). The fourth-order valence-corrected chi connectivity index (χ4v) is 6.27. The van der Waals surface area contributed by atoms with Crippen molar-refractivity contribution in [3.63, 3.8) is 0 Å². The molecule has 1 aromatic rings. The third-order valence-electron chi connectivity index (χ3n) is 6.13. The standard InChI is InChI=1S/C19H24ClNO3/c1-23-14-3-4-15(16(6-14)24-2)21-17(22)18-7-12-5-13(8-18)10-19(20,9-12)11-18/h3-4,6,12-13H,5,7-11H2,1-2H3,(H,21,22). The normalized spacial score (nSPS) is 36.5. The minimum Gasteiger partial charge on any atom is -0.497 e. The summed E-state index contributed by atoms with van der Waals surface area (Å²) < 4.78 is 10.6. The predicted molar refractivity (Wildman–Crippen MR) is 93.9 cm³/mol. The van der Waals surface area contributed by atoms with Crippen LogP contribution in [0.3, 0.4) is 0 Å². The van der Waals surface area contributed by atoms with Gasteiger partial charge in [0.2, 0.25) is 5.91 Å². The van der Waals surface area contributed by atoms with Crippen LogP contribution in [0.4, 0.5) is 5.69 Å². The minimum atomic E-state index is -0.309. The number of benzene rings is 1. The van der Waals surface area contributed by atoms with Gasteiger partial charge in [0.25, 0.3) is 0 Å². The van der Waals surface area contributed by atoms with Crippen LogP contribution in [0.5, 0.6) is 11.5 Å². The Kier molecular flexibility index (Phi) is 3.72. The van der Waals surface area contributed by atoms with Crippen molar-refractivity contribution in [3.05, 3.63) is 18.2 Å². The molecule has 4 aliphatic rings. The molecule has 130 valence electrons. The lowest BCUT2D eigenvalue weighted by Gasteiger charge is -2.59. The molecule has 4 aliphatic carbocycles. The van der Waals surface area contributed by atoms with E-state index in [0.29, 0.717) is 29.0 Å². The Balaban J connectivity index is 1.59. The van der Waals surface area contributed by atoms with E-state index in [2.05, 4.69) is 5.32 Å². The fourth-order valence-electron chi connectivity index (χ4n) is 5.57. The summed E-state index contributed by atoms with van der Waals surface area (Å²) in [4.78, 5) is 13.0. The molecule has 5 heteroatoms. The molecular formula is C19H24ClNO3. The van der Waals surface area contributed by atoms with Crippen LogP contribution in [0.25, 0.3) is 0 Å². The number of alkyl halides is 1. The summed E-state index contributed by atoms with van der Waals surface area (Å²) in [7, 11) is 3.21. The zero-order chi connectivity index (χ0) is 16.9. The number of nitrogens with one attached hydrogen (secondary N) is 1. The summed E-state index contributed by atoms with van der Waals surface area (Å²) in [6.07, 6.45) is 6.15. The molecule has 0 spiro atoms. The zero-order valence-corrected chi connectivity index (χ0v) is 15.0. The monoisotopic (exact) mass is 349 g/mol. The number of halogens is 1. The second kappa shape index (κ2) is 5.55. The molecule has 4 bridgehead atoms. The van der Waals surface area contributed by atoms with Gasteiger partial charge in [-0.15, -0.1) is 11.6 Å². The van der Waals surface area contributed by atoms with Gasteiger partial charge in [-0.05, 0) is 62.5 Å². The van der Waals surface area contributed by atoms with Gasteiger partial charge in [-0.1, -0.05) is 0 Å². The van der Waals surface area contributed by atoms with Crippen molar-refractivity contribution in [1.82, 2.24) is 0 Å². The van der Waals surface area contributed by atoms with E-state index in [1.165, 1.54) is 6.42 Å². The van der Waals surface area contributed by atoms with Crippen LogP contribution < -0.4 is 14.8 Å². The first-order valence-electron chi connectivity index (χ1n) is 8.68. The quantitative estimate of drug-likeness (QED) is 0.828. The van der Waals surface area contributed by atoms with Crippen LogP contribution in [0, 0.1) is 17.3 Å². The Bertz CT molecular complexity index is 661. The molecular weight excluding hydrogens is 326 g/mol. The third kappa shape index (κ3) is 2.55. The fraction of sp³-hybridized carbons (Fsp3) is 0.632. The smallest absolute Gasteiger partial charge is 0.230 e. The number of amides is 1. The Morgan fingerprint density at radius 1 is 1.17 bits per heavy atom. The average Bonchev–Trinajstić information content (AvgIpc) is 2.52. The maximum Gasteiger partial charge on any atom is 0.230 e. The Hall–Kier alpha value is -1.42. The number of hydrogen-bond acceptors (Lipinski definition) is 3. The maximum atomic E-state index is 13.2. The molecule has 24 heavy (non-hydrogen) atoms. The number of ether oxygens (including phenoxy) is 2. The first-order valence-corrected chi connectivity index (χ1v) is 9.05. The summed E-state index contributed by atoms with van der Waals surface area (Å²) in [6.45, 7) is 0. The van der Waals surface area contributed by atoms with Gasteiger partial charge in [0.15, 0.2) is 0 Å². The van der Waals surface area contributed by atoms with Crippen LogP contribution in [-0.4, -0.2) is 25.0 Å². The van der Waals surface area contributed by atoms with Crippen molar-refractivity contribution >= 4 is 23.2 Å². The second-order valence-electron chi connectivity index (χ2n) is 7.91. The third-order valence-corrected chi connectivity index (χ3v) is 6.57. The molecule has 1 amide bonds. The lowest BCUT2D eigenvalue weighted by atomic mass is 9.49. The van der Waals surface area contributed by atoms with Crippen LogP contribution >= 0.6 is 11.6 Å². The summed E-state index contributed by atoms with van der Waals surface area (Å²) in [5, 5.41) is 3.11. The van der Waals surface area contributed by atoms with Crippen LogP contribution in [0.2, 0.25) is 0 Å². The van der Waals surface area contributed by atoms with Crippen LogP contribution in [0.1, 0.15) is 38.5 Å². The molecule has 0 heterocycles. The lowest BCUT2D eigenvalue weighted by Crippen LogP contribution is -2.57. The molecule has 1 aromatic carbocycles. The van der Waals surface area contributed by atoms with Gasteiger partial charge in [0.1, 0.15) is 11.5 Å². The van der Waals surface area contributed by atoms with Gasteiger partial charge in [0.05, 0.1) is 25.3 Å². The van der Waals surface area contributed by atoms with Gasteiger partial charge in [-0.2, -0.15) is 0 Å². The number of carbonyl (C=O) groups is 1. The number of rotatable bonds is 4. The van der Waals surface area contributed by atoms with Crippen molar-refractivity contribution in [2.24, 2.45) is 17.3 Å². The largest absolute Gasteiger partial charge is 0.497 e. The molecule has 4 nitrogen and oxygen atoms in total. The Labute approximate surface area is 147 Å². The van der Waals surface area contributed by atoms with E-state index in [0.717, 1.165) is 32.1 Å². The molecule has 0 aliphatic heterocycles. The van der Waals surface area contributed by atoms with Crippen LogP contribution in [-0.2, 0) is 4.79 Å². The number of hydrogen-bond donors (Lipinski definition) is 1. The highest BCUT2D eigenvalue weighted by Crippen LogP contribution is 2.64. The first-order chi connectivity index (χ1) is 11.5. The Morgan fingerprint density at radius 3 is 2.46 bits per heavy atom. The van der Waals surface area contributed by atoms with E-state index in [9.17, 15) is 4.79 Å². The highest BCUT2D eigenvalue weighted by molar-refractivity contribution is 6.24. The topological polar surface area (TPSA) is 47.6 Å². The molecule has 2 unspecified atom stereocenters. The molecule has 4 saturated carbocycles. The number of carbonyl (C=O) groups excluding carboxylic acids is 1. The van der Waals surface area contributed by atoms with Crippen molar-refractivity contribution in [2.45, 2.75) is 43.4 Å². The van der Waals surface area contributed by atoms with Gasteiger partial charge >= 0.3 is 0 Å². The van der Waals surface area contributed by atoms with Crippen molar-refractivity contribution < 1.29 is 14.3 Å². The minimum absolute atomic E-state index is 0.102.